The SMILES string of the molecule is CC(C)(C)[Si]C1(C)CCN([C@@H](c2cnc(C3(C(N)=O)CC3)s2)c2ccccc2Cl)C1(C)O. The molecule has 2 radical (unpaired) electrons. The number of thiazole rings is 1. The standard InChI is InChI=1S/C24H32ClN3O2SSi/c1-21(2,3)32-22(4)12-13-28(23(22,5)30)18(15-8-6-7-9-16(15)25)17-14-27-20(31-17)24(10-11-24)19(26)29/h6-9,14,18,30H,10-13H2,1-5H3,(H2,26,29)/t18-,22?,23?/m1/s1. The van der Waals surface area contributed by atoms with E-state index in [0.717, 1.165) is 41.3 Å². The molecule has 1 aliphatic carbocycles. The Balaban J connectivity index is 1.78. The Morgan fingerprint density at radius 2 is 1.94 bits per heavy atom. The summed E-state index contributed by atoms with van der Waals surface area (Å²) in [5.74, 6) is -0.306. The highest BCUT2D eigenvalue weighted by molar-refractivity contribution is 7.12. The third kappa shape index (κ3) is 3.96. The lowest BCUT2D eigenvalue weighted by atomic mass is 9.96. The summed E-state index contributed by atoms with van der Waals surface area (Å²) in [7, 11) is 0.595. The molecule has 1 amide bonds. The molecular weight excluding hydrogens is 458 g/mol. The summed E-state index contributed by atoms with van der Waals surface area (Å²) in [5, 5.41) is 13.3. The fourth-order valence-electron chi connectivity index (χ4n) is 5.00. The first-order valence-corrected chi connectivity index (χ1v) is 13.3. The van der Waals surface area contributed by atoms with E-state index < -0.39 is 11.1 Å². The Labute approximate surface area is 202 Å². The van der Waals surface area contributed by atoms with E-state index in [1.165, 1.54) is 11.3 Å². The lowest BCUT2D eigenvalue weighted by Gasteiger charge is -2.46. The smallest absolute Gasteiger partial charge is 0.230 e. The minimum Gasteiger partial charge on any atom is -0.376 e. The Morgan fingerprint density at radius 3 is 2.50 bits per heavy atom. The van der Waals surface area contributed by atoms with E-state index in [4.69, 9.17) is 17.3 Å². The summed E-state index contributed by atoms with van der Waals surface area (Å²) in [6, 6.07) is 7.55. The van der Waals surface area contributed by atoms with Gasteiger partial charge < -0.3 is 10.8 Å². The zero-order valence-corrected chi connectivity index (χ0v) is 22.0. The third-order valence-corrected chi connectivity index (χ3v) is 10.7. The Kier molecular flexibility index (Phi) is 5.91. The molecule has 0 spiro atoms. The molecule has 3 atom stereocenters. The summed E-state index contributed by atoms with van der Waals surface area (Å²) < 4.78 is 0. The number of rotatable bonds is 6. The van der Waals surface area contributed by atoms with Crippen LogP contribution in [0.25, 0.3) is 0 Å². The summed E-state index contributed by atoms with van der Waals surface area (Å²) in [6.07, 6.45) is 4.23. The molecule has 8 heteroatoms. The highest BCUT2D eigenvalue weighted by Gasteiger charge is 2.57. The van der Waals surface area contributed by atoms with Gasteiger partial charge >= 0.3 is 0 Å². The molecule has 1 saturated carbocycles. The molecule has 1 aromatic heterocycles. The van der Waals surface area contributed by atoms with Gasteiger partial charge in [0, 0.05) is 27.7 Å². The van der Waals surface area contributed by atoms with E-state index in [9.17, 15) is 9.90 Å². The predicted molar refractivity (Wildman–Crippen MR) is 131 cm³/mol. The minimum absolute atomic E-state index is 0.117. The molecule has 3 N–H and O–H groups in total. The van der Waals surface area contributed by atoms with Crippen molar-refractivity contribution in [1.82, 2.24) is 9.88 Å². The molecule has 2 aliphatic rings. The van der Waals surface area contributed by atoms with Crippen LogP contribution in [0.3, 0.4) is 0 Å². The van der Waals surface area contributed by atoms with Crippen LogP contribution in [0, 0.1) is 0 Å². The molecule has 0 bridgehead atoms. The zero-order valence-electron chi connectivity index (χ0n) is 19.4. The second-order valence-corrected chi connectivity index (χ2v) is 14.9. The van der Waals surface area contributed by atoms with E-state index in [-0.39, 0.29) is 22.0 Å². The number of primary amides is 1. The maximum absolute atomic E-state index is 12.1. The van der Waals surface area contributed by atoms with Crippen molar-refractivity contribution in [3.8, 4) is 0 Å². The minimum atomic E-state index is -1.03. The number of hydrogen-bond donors (Lipinski definition) is 2. The number of nitrogens with zero attached hydrogens (tertiary/aromatic N) is 2. The fourth-order valence-corrected chi connectivity index (χ4v) is 8.81. The number of likely N-dealkylation sites (tertiary alicyclic amines) is 1. The number of nitrogens with two attached hydrogens (primary N) is 1. The van der Waals surface area contributed by atoms with Crippen molar-refractivity contribution in [2.45, 2.75) is 81.1 Å². The van der Waals surface area contributed by atoms with E-state index in [0.29, 0.717) is 14.5 Å². The van der Waals surface area contributed by atoms with Gasteiger partial charge in [0.25, 0.3) is 0 Å². The number of aromatic nitrogens is 1. The van der Waals surface area contributed by atoms with Gasteiger partial charge in [-0.1, -0.05) is 57.5 Å². The second-order valence-electron chi connectivity index (χ2n) is 10.6. The van der Waals surface area contributed by atoms with Crippen LogP contribution >= 0.6 is 22.9 Å². The average Bonchev–Trinajstić information content (AvgIpc) is 3.29. The molecule has 2 fully saturated rings. The molecule has 4 rings (SSSR count). The number of carbonyl (C=O) groups excluding carboxylic acids is 1. The van der Waals surface area contributed by atoms with Crippen molar-refractivity contribution in [3.63, 3.8) is 0 Å². The van der Waals surface area contributed by atoms with Crippen LogP contribution in [-0.2, 0) is 10.2 Å². The molecule has 1 aromatic carbocycles. The topological polar surface area (TPSA) is 79.5 Å². The number of carbonyl (C=O) groups is 1. The van der Waals surface area contributed by atoms with E-state index >= 15 is 0 Å². The Morgan fingerprint density at radius 1 is 1.28 bits per heavy atom. The largest absolute Gasteiger partial charge is 0.376 e. The molecule has 2 heterocycles. The van der Waals surface area contributed by atoms with Crippen molar-refractivity contribution in [2.75, 3.05) is 6.54 Å². The molecule has 2 aromatic rings. The number of hydrogen-bond acceptors (Lipinski definition) is 5. The molecule has 1 saturated heterocycles. The Hall–Kier alpha value is -1.25. The molecule has 32 heavy (non-hydrogen) atoms. The number of amides is 1. The van der Waals surface area contributed by atoms with E-state index in [2.05, 4.69) is 37.6 Å². The average molecular weight is 490 g/mol. The van der Waals surface area contributed by atoms with Gasteiger partial charge in [0.1, 0.15) is 16.1 Å². The normalized spacial score (nSPS) is 28.6. The molecule has 2 unspecified atom stereocenters. The van der Waals surface area contributed by atoms with Crippen molar-refractivity contribution in [1.29, 1.82) is 0 Å². The quantitative estimate of drug-likeness (QED) is 0.564. The fraction of sp³-hybridized carbons (Fsp3) is 0.583. The van der Waals surface area contributed by atoms with Crippen LogP contribution in [-0.4, -0.2) is 42.7 Å². The maximum Gasteiger partial charge on any atom is 0.230 e. The predicted octanol–water partition coefficient (Wildman–Crippen LogP) is 4.92. The third-order valence-electron chi connectivity index (χ3n) is 7.04. The Bertz CT molecular complexity index is 1030. The summed E-state index contributed by atoms with van der Waals surface area (Å²) in [4.78, 5) is 19.9. The monoisotopic (exact) mass is 489 g/mol. The van der Waals surface area contributed by atoms with Crippen LogP contribution < -0.4 is 5.73 Å². The number of benzene rings is 1. The van der Waals surface area contributed by atoms with Gasteiger partial charge in [-0.25, -0.2) is 4.98 Å². The summed E-state index contributed by atoms with van der Waals surface area (Å²) in [5.41, 5.74) is 4.99. The molecular formula is C24H32ClN3O2SSi. The highest BCUT2D eigenvalue weighted by Crippen LogP contribution is 2.57. The second kappa shape index (κ2) is 7.91. The van der Waals surface area contributed by atoms with Gasteiger partial charge in [-0.05, 0) is 42.9 Å². The summed E-state index contributed by atoms with van der Waals surface area (Å²) >= 11 is 8.20. The van der Waals surface area contributed by atoms with Gasteiger partial charge in [-0.2, -0.15) is 0 Å². The number of aliphatic hydroxyl groups is 1. The lowest BCUT2D eigenvalue weighted by molar-refractivity contribution is -0.120. The van der Waals surface area contributed by atoms with Crippen molar-refractivity contribution >= 4 is 38.4 Å². The van der Waals surface area contributed by atoms with Gasteiger partial charge in [-0.15, -0.1) is 11.3 Å². The van der Waals surface area contributed by atoms with Crippen LogP contribution in [0.15, 0.2) is 30.5 Å². The van der Waals surface area contributed by atoms with Crippen molar-refractivity contribution in [2.24, 2.45) is 5.73 Å². The van der Waals surface area contributed by atoms with Gasteiger partial charge in [0.2, 0.25) is 5.91 Å². The first kappa shape index (κ1) is 23.9. The highest BCUT2D eigenvalue weighted by atomic mass is 35.5. The lowest BCUT2D eigenvalue weighted by Crippen LogP contribution is -2.51. The van der Waals surface area contributed by atoms with Gasteiger partial charge in [-0.3, -0.25) is 9.69 Å². The van der Waals surface area contributed by atoms with Crippen LogP contribution in [0.2, 0.25) is 15.1 Å². The van der Waals surface area contributed by atoms with Gasteiger partial charge in [0.05, 0.1) is 15.6 Å². The molecule has 1 aliphatic heterocycles. The van der Waals surface area contributed by atoms with Gasteiger partial charge in [0.15, 0.2) is 0 Å². The first-order chi connectivity index (χ1) is 14.8. The molecule has 5 nitrogen and oxygen atoms in total. The van der Waals surface area contributed by atoms with Crippen LogP contribution in [0.4, 0.5) is 0 Å². The van der Waals surface area contributed by atoms with Crippen molar-refractivity contribution < 1.29 is 9.90 Å². The zero-order chi connectivity index (χ0) is 23.5. The summed E-state index contributed by atoms with van der Waals surface area (Å²) in [6.45, 7) is 11.6. The number of halogens is 1. The maximum atomic E-state index is 12.1. The molecule has 172 valence electrons. The van der Waals surface area contributed by atoms with Crippen LogP contribution in [0.5, 0.6) is 0 Å². The van der Waals surface area contributed by atoms with E-state index in [1.54, 1.807) is 0 Å². The first-order valence-electron chi connectivity index (χ1n) is 11.1. The van der Waals surface area contributed by atoms with E-state index in [1.807, 2.05) is 37.4 Å². The van der Waals surface area contributed by atoms with Crippen molar-refractivity contribution in [3.05, 3.63) is 50.9 Å². The van der Waals surface area contributed by atoms with Crippen LogP contribution in [0.1, 0.15) is 75.4 Å².